The number of ketones is 1. The molecule has 0 aliphatic carbocycles. The molecule has 2 saturated heterocycles. The van der Waals surface area contributed by atoms with E-state index < -0.39 is 17.2 Å². The Balaban J connectivity index is 2.07. The molecule has 178 valence electrons. The van der Waals surface area contributed by atoms with Crippen LogP contribution in [-0.2, 0) is 14.3 Å². The number of rotatable bonds is 5. The normalized spacial score (nSPS) is 22.5. The minimum atomic E-state index is -0.879. The Bertz CT molecular complexity index is 964. The zero-order valence-electron chi connectivity index (χ0n) is 20.3. The number of piperidine rings is 1. The number of piperazine rings is 1. The quantitative estimate of drug-likeness (QED) is 0.317. The first kappa shape index (κ1) is 24.6. The third-order valence-corrected chi connectivity index (χ3v) is 6.16. The van der Waals surface area contributed by atoms with Crippen molar-refractivity contribution >= 4 is 23.1 Å². The number of carbonyl (C=O) groups is 2. The van der Waals surface area contributed by atoms with E-state index in [1.165, 1.54) is 7.11 Å². The van der Waals surface area contributed by atoms with Gasteiger partial charge in [0.15, 0.2) is 5.78 Å². The van der Waals surface area contributed by atoms with Crippen molar-refractivity contribution in [3.8, 4) is 0 Å². The van der Waals surface area contributed by atoms with Crippen LogP contribution in [0.25, 0.3) is 0 Å². The molecule has 1 aromatic carbocycles. The van der Waals surface area contributed by atoms with Gasteiger partial charge in [0, 0.05) is 43.0 Å². The number of benzene rings is 1. The number of hydrogen-bond acceptors (Lipinski definition) is 6. The highest BCUT2D eigenvalue weighted by Crippen LogP contribution is 2.38. The summed E-state index contributed by atoms with van der Waals surface area (Å²) in [5, 5.41) is 11.1. The number of allylic oxidation sites excluding steroid dienone is 3. The van der Waals surface area contributed by atoms with Gasteiger partial charge in [-0.25, -0.2) is 0 Å². The number of nitrogens with zero attached hydrogens (tertiary/aromatic N) is 3. The van der Waals surface area contributed by atoms with Gasteiger partial charge in [-0.05, 0) is 37.4 Å². The summed E-state index contributed by atoms with van der Waals surface area (Å²) in [5.74, 6) is -0.416. The molecule has 0 spiro atoms. The SMILES string of the molecule is C=C/C=C(\OC)C1/C(=C(/O)C(C)(C)C)C(=O)CC(=O)N1c1ccc(N2CCN(C)CC2)cc1. The van der Waals surface area contributed by atoms with E-state index in [1.807, 2.05) is 45.0 Å². The molecule has 3 rings (SSSR count). The van der Waals surface area contributed by atoms with Crippen LogP contribution in [0.1, 0.15) is 27.2 Å². The lowest BCUT2D eigenvalue weighted by Gasteiger charge is -2.39. The van der Waals surface area contributed by atoms with E-state index in [0.29, 0.717) is 11.4 Å². The van der Waals surface area contributed by atoms with Crippen molar-refractivity contribution in [2.24, 2.45) is 5.41 Å². The van der Waals surface area contributed by atoms with Crippen LogP contribution >= 0.6 is 0 Å². The molecule has 1 amide bonds. The fraction of sp³-hybridized carbons (Fsp3) is 0.462. The predicted molar refractivity (Wildman–Crippen MR) is 131 cm³/mol. The van der Waals surface area contributed by atoms with Crippen molar-refractivity contribution in [3.05, 3.63) is 60.1 Å². The Morgan fingerprint density at radius 2 is 1.67 bits per heavy atom. The van der Waals surface area contributed by atoms with E-state index in [-0.39, 0.29) is 23.7 Å². The van der Waals surface area contributed by atoms with Gasteiger partial charge in [-0.1, -0.05) is 33.4 Å². The standard InChI is InChI=1S/C26H35N3O4/c1-7-8-21(33-6)24-23(25(32)26(2,3)4)20(30)17-22(31)29(24)19-11-9-18(10-12-19)28-15-13-27(5)14-16-28/h7-12,24,32H,1,13-17H2,2-6H3/b21-8-,25-23+. The van der Waals surface area contributed by atoms with Crippen molar-refractivity contribution in [3.63, 3.8) is 0 Å². The summed E-state index contributed by atoms with van der Waals surface area (Å²) in [5.41, 5.74) is 1.24. The van der Waals surface area contributed by atoms with E-state index in [0.717, 1.165) is 31.9 Å². The second kappa shape index (κ2) is 9.83. The average molecular weight is 454 g/mol. The van der Waals surface area contributed by atoms with Crippen molar-refractivity contribution < 1.29 is 19.4 Å². The Labute approximate surface area is 196 Å². The first-order valence-corrected chi connectivity index (χ1v) is 11.3. The summed E-state index contributed by atoms with van der Waals surface area (Å²) >= 11 is 0. The van der Waals surface area contributed by atoms with Gasteiger partial charge in [0.2, 0.25) is 5.91 Å². The Hall–Kier alpha value is -3.06. The second-order valence-corrected chi connectivity index (χ2v) is 9.59. The molecule has 2 heterocycles. The van der Waals surface area contributed by atoms with Crippen LogP contribution in [0.15, 0.2) is 60.1 Å². The topological polar surface area (TPSA) is 73.3 Å². The summed E-state index contributed by atoms with van der Waals surface area (Å²) in [7, 11) is 3.60. The lowest BCUT2D eigenvalue weighted by molar-refractivity contribution is -0.127. The molecule has 1 N–H and O–H groups in total. The third-order valence-electron chi connectivity index (χ3n) is 6.16. The van der Waals surface area contributed by atoms with Crippen LogP contribution in [0.5, 0.6) is 0 Å². The molecule has 2 aliphatic heterocycles. The molecular weight excluding hydrogens is 418 g/mol. The lowest BCUT2D eigenvalue weighted by atomic mass is 9.82. The van der Waals surface area contributed by atoms with Gasteiger partial charge in [-0.15, -0.1) is 0 Å². The minimum absolute atomic E-state index is 0.0453. The van der Waals surface area contributed by atoms with Gasteiger partial charge in [0.1, 0.15) is 17.6 Å². The molecule has 2 fully saturated rings. The molecule has 0 radical (unpaired) electrons. The summed E-state index contributed by atoms with van der Waals surface area (Å²) < 4.78 is 5.59. The number of methoxy groups -OCH3 is 1. The molecule has 1 atom stereocenters. The van der Waals surface area contributed by atoms with Crippen LogP contribution in [0.2, 0.25) is 0 Å². The number of anilines is 2. The predicted octanol–water partition coefficient (Wildman–Crippen LogP) is 3.69. The van der Waals surface area contributed by atoms with Crippen molar-refractivity contribution in [2.75, 3.05) is 50.1 Å². The largest absolute Gasteiger partial charge is 0.511 e. The molecule has 0 aromatic heterocycles. The summed E-state index contributed by atoms with van der Waals surface area (Å²) in [6, 6.07) is 6.90. The molecule has 0 saturated carbocycles. The lowest BCUT2D eigenvalue weighted by Crippen LogP contribution is -2.51. The molecule has 1 aromatic rings. The monoisotopic (exact) mass is 453 g/mol. The van der Waals surface area contributed by atoms with Crippen molar-refractivity contribution in [2.45, 2.75) is 33.2 Å². The summed E-state index contributed by atoms with van der Waals surface area (Å²) in [6.45, 7) is 13.1. The molecule has 33 heavy (non-hydrogen) atoms. The Morgan fingerprint density at radius 1 is 1.09 bits per heavy atom. The van der Waals surface area contributed by atoms with Gasteiger partial charge in [0.05, 0.1) is 19.1 Å². The van der Waals surface area contributed by atoms with E-state index >= 15 is 0 Å². The van der Waals surface area contributed by atoms with Gasteiger partial charge in [-0.2, -0.15) is 0 Å². The van der Waals surface area contributed by atoms with Crippen molar-refractivity contribution in [1.29, 1.82) is 0 Å². The van der Waals surface area contributed by atoms with E-state index in [9.17, 15) is 14.7 Å². The van der Waals surface area contributed by atoms with Crippen LogP contribution in [0.3, 0.4) is 0 Å². The fourth-order valence-electron chi connectivity index (χ4n) is 4.25. The Kier molecular flexibility index (Phi) is 7.32. The number of ether oxygens (including phenoxy) is 1. The summed E-state index contributed by atoms with van der Waals surface area (Å²) in [4.78, 5) is 32.3. The van der Waals surface area contributed by atoms with Crippen LogP contribution in [-0.4, -0.2) is 68.1 Å². The molecule has 7 heteroatoms. The van der Waals surface area contributed by atoms with Crippen LogP contribution < -0.4 is 9.80 Å². The van der Waals surface area contributed by atoms with E-state index in [2.05, 4.69) is 23.4 Å². The number of aliphatic hydroxyl groups is 1. The zero-order chi connectivity index (χ0) is 24.3. The Morgan fingerprint density at radius 3 is 2.18 bits per heavy atom. The number of aliphatic hydroxyl groups excluding tert-OH is 1. The maximum atomic E-state index is 13.2. The summed E-state index contributed by atoms with van der Waals surface area (Å²) in [6.07, 6.45) is 2.86. The smallest absolute Gasteiger partial charge is 0.235 e. The number of Topliss-reactive ketones (excluding diaryl/α,β-unsaturated/α-hetero) is 1. The third kappa shape index (κ3) is 5.14. The first-order valence-electron chi connectivity index (χ1n) is 11.3. The van der Waals surface area contributed by atoms with Crippen molar-refractivity contribution in [1.82, 2.24) is 4.90 Å². The maximum Gasteiger partial charge on any atom is 0.235 e. The van der Waals surface area contributed by atoms with E-state index in [1.54, 1.807) is 17.1 Å². The van der Waals surface area contributed by atoms with Gasteiger partial charge >= 0.3 is 0 Å². The van der Waals surface area contributed by atoms with Gasteiger partial charge in [0.25, 0.3) is 0 Å². The molecule has 1 unspecified atom stereocenters. The first-order chi connectivity index (χ1) is 15.6. The van der Waals surface area contributed by atoms with E-state index in [4.69, 9.17) is 4.74 Å². The molecular formula is C26H35N3O4. The van der Waals surface area contributed by atoms with Crippen LogP contribution in [0.4, 0.5) is 11.4 Å². The zero-order valence-corrected chi connectivity index (χ0v) is 20.3. The highest BCUT2D eigenvalue weighted by atomic mass is 16.5. The maximum absolute atomic E-state index is 13.2. The molecule has 2 aliphatic rings. The second-order valence-electron chi connectivity index (χ2n) is 9.59. The van der Waals surface area contributed by atoms with Gasteiger partial charge < -0.3 is 19.6 Å². The minimum Gasteiger partial charge on any atom is -0.511 e. The van der Waals surface area contributed by atoms with Crippen LogP contribution in [0, 0.1) is 5.41 Å². The number of hydrogen-bond donors (Lipinski definition) is 1. The number of amides is 1. The highest BCUT2D eigenvalue weighted by Gasteiger charge is 2.44. The number of carbonyl (C=O) groups excluding carboxylic acids is 2. The van der Waals surface area contributed by atoms with Gasteiger partial charge in [-0.3, -0.25) is 14.5 Å². The molecule has 0 bridgehead atoms. The fourth-order valence-corrected chi connectivity index (χ4v) is 4.25. The molecule has 7 nitrogen and oxygen atoms in total. The highest BCUT2D eigenvalue weighted by molar-refractivity contribution is 6.17. The number of likely N-dealkylation sites (N-methyl/N-ethyl adjacent to an activating group) is 1. The average Bonchev–Trinajstić information content (AvgIpc) is 2.77.